The number of pyridine rings is 1. The van der Waals surface area contributed by atoms with Gasteiger partial charge in [-0.2, -0.15) is 0 Å². The number of carbonyl (C=O) groups excluding carboxylic acids is 1. The minimum Gasteiger partial charge on any atom is -0.378 e. The minimum atomic E-state index is -0.0201. The van der Waals surface area contributed by atoms with Crippen LogP contribution in [-0.2, 0) is 4.74 Å². The molecule has 1 aliphatic carbocycles. The number of hydrogen-bond donors (Lipinski definition) is 1. The van der Waals surface area contributed by atoms with Gasteiger partial charge in [-0.3, -0.25) is 4.79 Å². The number of morpholine rings is 1. The van der Waals surface area contributed by atoms with Gasteiger partial charge >= 0.3 is 0 Å². The van der Waals surface area contributed by atoms with Gasteiger partial charge in [-0.15, -0.1) is 11.3 Å². The van der Waals surface area contributed by atoms with Gasteiger partial charge in [-0.1, -0.05) is 32.1 Å². The Balaban J connectivity index is 1.45. The summed E-state index contributed by atoms with van der Waals surface area (Å²) in [5.41, 5.74) is 5.08. The quantitative estimate of drug-likeness (QED) is 0.676. The van der Waals surface area contributed by atoms with E-state index in [0.717, 1.165) is 34.3 Å². The molecule has 30 heavy (non-hydrogen) atoms. The Labute approximate surface area is 179 Å². The van der Waals surface area contributed by atoms with E-state index in [9.17, 15) is 4.79 Å². The van der Waals surface area contributed by atoms with Crippen molar-refractivity contribution in [2.24, 2.45) is 5.41 Å². The van der Waals surface area contributed by atoms with Crippen molar-refractivity contribution in [3.05, 3.63) is 52.6 Å². The lowest BCUT2D eigenvalue weighted by Gasteiger charge is -2.25. The molecule has 0 radical (unpaired) electrons. The summed E-state index contributed by atoms with van der Waals surface area (Å²) in [4.78, 5) is 27.0. The first-order chi connectivity index (χ1) is 14.5. The molecule has 1 N–H and O–H groups in total. The average Bonchev–Trinajstić information content (AvgIpc) is 3.40. The van der Waals surface area contributed by atoms with Crippen LogP contribution in [-0.4, -0.2) is 52.1 Å². The lowest BCUT2D eigenvalue weighted by atomic mass is 9.83. The summed E-state index contributed by atoms with van der Waals surface area (Å²) in [6, 6.07) is 2.16. The Morgan fingerprint density at radius 3 is 2.90 bits per heavy atom. The molecule has 7 heteroatoms. The third-order valence-corrected chi connectivity index (χ3v) is 6.52. The van der Waals surface area contributed by atoms with Crippen molar-refractivity contribution >= 4 is 33.9 Å². The molecule has 0 saturated carbocycles. The number of allylic oxidation sites excluding steroid dienone is 4. The number of H-pyrrole nitrogens is 1. The maximum absolute atomic E-state index is 12.7. The highest BCUT2D eigenvalue weighted by Crippen LogP contribution is 2.34. The lowest BCUT2D eigenvalue weighted by molar-refractivity contribution is 0.0303. The number of thiazole rings is 1. The number of aromatic amines is 1. The van der Waals surface area contributed by atoms with E-state index in [-0.39, 0.29) is 11.3 Å². The van der Waals surface area contributed by atoms with Gasteiger partial charge in [0.05, 0.1) is 18.9 Å². The summed E-state index contributed by atoms with van der Waals surface area (Å²) in [5.74, 6) is -0.0201. The fraction of sp³-hybridized carbons (Fsp3) is 0.348. The zero-order valence-corrected chi connectivity index (χ0v) is 18.0. The van der Waals surface area contributed by atoms with Gasteiger partial charge in [0, 0.05) is 47.4 Å². The smallest absolute Gasteiger partial charge is 0.283 e. The lowest BCUT2D eigenvalue weighted by Crippen LogP contribution is -2.40. The molecule has 0 bridgehead atoms. The van der Waals surface area contributed by atoms with Gasteiger partial charge in [0.1, 0.15) is 5.65 Å². The molecule has 0 spiro atoms. The predicted molar refractivity (Wildman–Crippen MR) is 119 cm³/mol. The zero-order chi connectivity index (χ0) is 20.7. The molecule has 1 saturated heterocycles. The second-order valence-electron chi connectivity index (χ2n) is 8.45. The highest BCUT2D eigenvalue weighted by molar-refractivity contribution is 7.12. The Morgan fingerprint density at radius 2 is 2.13 bits per heavy atom. The first-order valence-electron chi connectivity index (χ1n) is 10.2. The molecule has 6 nitrogen and oxygen atoms in total. The third kappa shape index (κ3) is 3.59. The van der Waals surface area contributed by atoms with E-state index in [4.69, 9.17) is 4.74 Å². The number of hydrogen-bond acceptors (Lipinski definition) is 5. The molecular weight excluding hydrogens is 396 g/mol. The monoisotopic (exact) mass is 420 g/mol. The summed E-state index contributed by atoms with van der Waals surface area (Å²) < 4.78 is 5.34. The summed E-state index contributed by atoms with van der Waals surface area (Å²) in [5, 5.41) is 3.48. The average molecular weight is 421 g/mol. The maximum Gasteiger partial charge on any atom is 0.283 e. The number of fused-ring (bicyclic) bond motifs is 1. The van der Waals surface area contributed by atoms with E-state index in [1.165, 1.54) is 16.9 Å². The maximum atomic E-state index is 12.7. The molecule has 1 aliphatic heterocycles. The molecule has 3 aromatic rings. The number of ether oxygens (including phenoxy) is 1. The number of rotatable bonds is 3. The van der Waals surface area contributed by atoms with Crippen LogP contribution >= 0.6 is 11.3 Å². The number of carbonyl (C=O) groups is 1. The van der Waals surface area contributed by atoms with Crippen molar-refractivity contribution in [3.8, 4) is 11.3 Å². The fourth-order valence-corrected chi connectivity index (χ4v) is 4.59. The van der Waals surface area contributed by atoms with Gasteiger partial charge < -0.3 is 14.6 Å². The molecule has 154 valence electrons. The summed E-state index contributed by atoms with van der Waals surface area (Å²) in [7, 11) is 0. The van der Waals surface area contributed by atoms with Crippen molar-refractivity contribution in [1.82, 2.24) is 19.9 Å². The topological polar surface area (TPSA) is 71.1 Å². The van der Waals surface area contributed by atoms with Crippen molar-refractivity contribution in [1.29, 1.82) is 0 Å². The van der Waals surface area contributed by atoms with E-state index in [0.29, 0.717) is 31.3 Å². The minimum absolute atomic E-state index is 0.0201. The number of nitrogens with one attached hydrogen (secondary N) is 1. The predicted octanol–water partition coefficient (Wildman–Crippen LogP) is 4.53. The van der Waals surface area contributed by atoms with Crippen molar-refractivity contribution in [2.75, 3.05) is 26.3 Å². The van der Waals surface area contributed by atoms with Gasteiger partial charge in [0.25, 0.3) is 5.91 Å². The number of aromatic nitrogens is 3. The Bertz CT molecular complexity index is 1170. The molecule has 3 aromatic heterocycles. The van der Waals surface area contributed by atoms with Crippen molar-refractivity contribution in [2.45, 2.75) is 20.3 Å². The standard InChI is InChI=1S/C23H24N4O2S/c1-23(2)5-3-15(4-6-23)16-11-17-18(13-25-20(17)24-12-16)19-14-30-21(26-19)22(28)27-7-9-29-10-8-27/h3-5,11-14H,6-10H2,1-2H3,(H,24,25). The van der Waals surface area contributed by atoms with Crippen molar-refractivity contribution in [3.63, 3.8) is 0 Å². The van der Waals surface area contributed by atoms with E-state index in [1.807, 2.05) is 22.7 Å². The molecule has 1 amide bonds. The van der Waals surface area contributed by atoms with Crippen LogP contribution in [0.2, 0.25) is 0 Å². The highest BCUT2D eigenvalue weighted by Gasteiger charge is 2.22. The van der Waals surface area contributed by atoms with Crippen LogP contribution in [0.4, 0.5) is 0 Å². The second-order valence-corrected chi connectivity index (χ2v) is 9.31. The van der Waals surface area contributed by atoms with Crippen LogP contribution in [0.25, 0.3) is 27.9 Å². The molecule has 5 rings (SSSR count). The van der Waals surface area contributed by atoms with Crippen LogP contribution in [0, 0.1) is 5.41 Å². The fourth-order valence-electron chi connectivity index (χ4n) is 3.81. The Kier molecular flexibility index (Phi) is 4.79. The second kappa shape index (κ2) is 7.49. The van der Waals surface area contributed by atoms with Gasteiger partial charge in [-0.25, -0.2) is 9.97 Å². The normalized spacial score (nSPS) is 18.6. The SMILES string of the molecule is CC1(C)C=CC(c2cnc3[nH]cc(-c4csc(C(=O)N5CCOCC5)n4)c3c2)=CC1. The van der Waals surface area contributed by atoms with E-state index < -0.39 is 0 Å². The highest BCUT2D eigenvalue weighted by atomic mass is 32.1. The Hall–Kier alpha value is -2.77. The van der Waals surface area contributed by atoms with Gasteiger partial charge in [0.15, 0.2) is 5.01 Å². The molecule has 0 unspecified atom stereocenters. The van der Waals surface area contributed by atoms with Crippen LogP contribution in [0.5, 0.6) is 0 Å². The summed E-state index contributed by atoms with van der Waals surface area (Å²) >= 11 is 1.39. The van der Waals surface area contributed by atoms with Crippen LogP contribution in [0.3, 0.4) is 0 Å². The van der Waals surface area contributed by atoms with E-state index in [1.54, 1.807) is 0 Å². The molecule has 2 aliphatic rings. The zero-order valence-electron chi connectivity index (χ0n) is 17.1. The first-order valence-corrected chi connectivity index (χ1v) is 11.1. The summed E-state index contributed by atoms with van der Waals surface area (Å²) in [6.45, 7) is 6.88. The third-order valence-electron chi connectivity index (χ3n) is 5.69. The molecule has 0 aromatic carbocycles. The van der Waals surface area contributed by atoms with Gasteiger partial charge in [0.2, 0.25) is 0 Å². The number of amides is 1. The van der Waals surface area contributed by atoms with Crippen LogP contribution < -0.4 is 0 Å². The largest absolute Gasteiger partial charge is 0.378 e. The number of nitrogens with zero attached hydrogens (tertiary/aromatic N) is 3. The molecule has 1 fully saturated rings. The van der Waals surface area contributed by atoms with Crippen LogP contribution in [0.1, 0.15) is 35.6 Å². The van der Waals surface area contributed by atoms with E-state index >= 15 is 0 Å². The molecule has 0 atom stereocenters. The first kappa shape index (κ1) is 19.2. The van der Waals surface area contributed by atoms with Gasteiger partial charge in [-0.05, 0) is 23.5 Å². The van der Waals surface area contributed by atoms with E-state index in [2.05, 4.69) is 53.1 Å². The molecular formula is C23H24N4O2S. The Morgan fingerprint density at radius 1 is 1.30 bits per heavy atom. The van der Waals surface area contributed by atoms with Crippen molar-refractivity contribution < 1.29 is 9.53 Å². The summed E-state index contributed by atoms with van der Waals surface area (Å²) in [6.07, 6.45) is 11.6. The van der Waals surface area contributed by atoms with Crippen LogP contribution in [0.15, 0.2) is 42.1 Å². The molecule has 4 heterocycles.